The van der Waals surface area contributed by atoms with Crippen molar-refractivity contribution in [2.24, 2.45) is 0 Å². The Morgan fingerprint density at radius 1 is 1.60 bits per heavy atom. The van der Waals surface area contributed by atoms with Crippen molar-refractivity contribution in [3.63, 3.8) is 0 Å². The average Bonchev–Trinajstić information content (AvgIpc) is 2.65. The van der Waals surface area contributed by atoms with Gasteiger partial charge in [-0.1, -0.05) is 0 Å². The molecule has 0 aromatic carbocycles. The van der Waals surface area contributed by atoms with Crippen LogP contribution < -0.4 is 4.90 Å². The first-order valence-corrected chi connectivity index (χ1v) is 4.96. The molecule has 5 nitrogen and oxygen atoms in total. The molecule has 2 rings (SSSR count). The molecule has 0 aliphatic carbocycles. The summed E-state index contributed by atoms with van der Waals surface area (Å²) in [4.78, 5) is 20.9. The van der Waals surface area contributed by atoms with Gasteiger partial charge in [0.15, 0.2) is 0 Å². The maximum absolute atomic E-state index is 11.0. The van der Waals surface area contributed by atoms with Gasteiger partial charge in [0.2, 0.25) is 0 Å². The van der Waals surface area contributed by atoms with Crippen LogP contribution in [0, 0.1) is 6.92 Å². The Kier molecular flexibility index (Phi) is 2.53. The van der Waals surface area contributed by atoms with Crippen molar-refractivity contribution in [1.29, 1.82) is 0 Å². The van der Waals surface area contributed by atoms with E-state index < -0.39 is 12.0 Å². The highest BCUT2D eigenvalue weighted by Crippen LogP contribution is 2.23. The Bertz CT molecular complexity index is 381. The third-order valence-electron chi connectivity index (χ3n) is 2.62. The van der Waals surface area contributed by atoms with Crippen LogP contribution in [0.3, 0.4) is 0 Å². The number of nitrogens with zero attached hydrogens (tertiary/aromatic N) is 3. The zero-order valence-electron chi connectivity index (χ0n) is 8.55. The van der Waals surface area contributed by atoms with Gasteiger partial charge < -0.3 is 10.0 Å². The number of carboxylic acid groups (broad SMARTS) is 1. The predicted octanol–water partition coefficient (Wildman–Crippen LogP) is 0.838. The van der Waals surface area contributed by atoms with E-state index in [0.29, 0.717) is 12.2 Å². The maximum atomic E-state index is 11.0. The van der Waals surface area contributed by atoms with Crippen LogP contribution in [-0.4, -0.2) is 33.6 Å². The number of aliphatic carboxylic acids is 1. The van der Waals surface area contributed by atoms with Crippen molar-refractivity contribution in [1.82, 2.24) is 9.97 Å². The van der Waals surface area contributed by atoms with Gasteiger partial charge >= 0.3 is 5.97 Å². The van der Waals surface area contributed by atoms with Gasteiger partial charge in [0.1, 0.15) is 18.2 Å². The van der Waals surface area contributed by atoms with E-state index >= 15 is 0 Å². The smallest absolute Gasteiger partial charge is 0.326 e. The zero-order valence-corrected chi connectivity index (χ0v) is 8.55. The number of aromatic nitrogens is 2. The minimum Gasteiger partial charge on any atom is -0.480 e. The van der Waals surface area contributed by atoms with Crippen LogP contribution in [0.2, 0.25) is 0 Å². The number of carboxylic acids is 1. The van der Waals surface area contributed by atoms with E-state index in [4.69, 9.17) is 5.11 Å². The number of anilines is 1. The van der Waals surface area contributed by atoms with Crippen molar-refractivity contribution in [2.75, 3.05) is 11.4 Å². The summed E-state index contributed by atoms with van der Waals surface area (Å²) in [6, 6.07) is 1.39. The number of carbonyl (C=O) groups is 1. The van der Waals surface area contributed by atoms with Gasteiger partial charge in [-0.25, -0.2) is 14.8 Å². The molecule has 1 N–H and O–H groups in total. The number of hydrogen-bond acceptors (Lipinski definition) is 4. The fourth-order valence-electron chi connectivity index (χ4n) is 1.90. The second-order valence-corrected chi connectivity index (χ2v) is 3.71. The molecule has 1 saturated heterocycles. The Morgan fingerprint density at radius 3 is 3.07 bits per heavy atom. The summed E-state index contributed by atoms with van der Waals surface area (Å²) in [6.07, 6.45) is 3.07. The zero-order chi connectivity index (χ0) is 10.8. The van der Waals surface area contributed by atoms with E-state index in [2.05, 4.69) is 9.97 Å². The molecular weight excluding hydrogens is 194 g/mol. The predicted molar refractivity (Wildman–Crippen MR) is 54.8 cm³/mol. The summed E-state index contributed by atoms with van der Waals surface area (Å²) >= 11 is 0. The van der Waals surface area contributed by atoms with Gasteiger partial charge in [0.25, 0.3) is 0 Å². The Labute approximate surface area is 87.8 Å². The van der Waals surface area contributed by atoms with Crippen LogP contribution in [0.15, 0.2) is 12.4 Å². The van der Waals surface area contributed by atoms with E-state index in [0.717, 1.165) is 18.7 Å². The summed E-state index contributed by atoms with van der Waals surface area (Å²) in [5.74, 6) is -0.0591. The first kappa shape index (κ1) is 9.89. The quantitative estimate of drug-likeness (QED) is 0.778. The van der Waals surface area contributed by atoms with Crippen LogP contribution in [-0.2, 0) is 4.79 Å². The fourth-order valence-corrected chi connectivity index (χ4v) is 1.90. The van der Waals surface area contributed by atoms with Gasteiger partial charge in [-0.2, -0.15) is 0 Å². The van der Waals surface area contributed by atoms with Gasteiger partial charge in [-0.05, 0) is 19.8 Å². The Morgan fingerprint density at radius 2 is 2.40 bits per heavy atom. The molecule has 1 unspecified atom stereocenters. The van der Waals surface area contributed by atoms with Crippen molar-refractivity contribution < 1.29 is 9.90 Å². The third kappa shape index (κ3) is 1.91. The number of aryl methyl sites for hydroxylation is 1. The molecular formula is C10H13N3O2. The Balaban J connectivity index is 2.26. The lowest BCUT2D eigenvalue weighted by Gasteiger charge is -2.22. The molecule has 15 heavy (non-hydrogen) atoms. The van der Waals surface area contributed by atoms with Crippen molar-refractivity contribution in [3.8, 4) is 0 Å². The molecule has 80 valence electrons. The number of hydrogen-bond donors (Lipinski definition) is 1. The maximum Gasteiger partial charge on any atom is 0.326 e. The minimum atomic E-state index is -0.774. The van der Waals surface area contributed by atoms with E-state index in [9.17, 15) is 4.79 Å². The first-order valence-electron chi connectivity index (χ1n) is 4.96. The van der Waals surface area contributed by atoms with Crippen molar-refractivity contribution in [2.45, 2.75) is 25.8 Å². The van der Waals surface area contributed by atoms with Gasteiger partial charge in [0.05, 0.1) is 0 Å². The highest BCUT2D eigenvalue weighted by Gasteiger charge is 2.31. The summed E-state index contributed by atoms with van der Waals surface area (Å²) in [5.41, 5.74) is 0.857. The van der Waals surface area contributed by atoms with Gasteiger partial charge in [-0.3, -0.25) is 0 Å². The summed E-state index contributed by atoms with van der Waals surface area (Å²) in [7, 11) is 0. The second-order valence-electron chi connectivity index (χ2n) is 3.71. The Hall–Kier alpha value is -1.65. The van der Waals surface area contributed by atoms with Crippen LogP contribution in [0.25, 0.3) is 0 Å². The molecule has 1 aliphatic heterocycles. The molecule has 0 radical (unpaired) electrons. The normalized spacial score (nSPS) is 20.6. The highest BCUT2D eigenvalue weighted by molar-refractivity contribution is 5.78. The molecule has 1 aromatic rings. The molecule has 5 heteroatoms. The van der Waals surface area contributed by atoms with Crippen molar-refractivity contribution >= 4 is 11.8 Å². The first-order chi connectivity index (χ1) is 7.18. The molecule has 2 heterocycles. The lowest BCUT2D eigenvalue weighted by atomic mass is 10.2. The standard InChI is InChI=1S/C10H13N3O2/c1-7-5-9(12-6-11-7)13-4-2-3-8(13)10(14)15/h5-6,8H,2-4H2,1H3,(H,14,15). The molecule has 1 atom stereocenters. The topological polar surface area (TPSA) is 66.3 Å². The molecule has 0 bridgehead atoms. The average molecular weight is 207 g/mol. The van der Waals surface area contributed by atoms with E-state index in [-0.39, 0.29) is 0 Å². The molecule has 0 amide bonds. The van der Waals surface area contributed by atoms with Gasteiger partial charge in [-0.15, -0.1) is 0 Å². The van der Waals surface area contributed by atoms with E-state index in [1.54, 1.807) is 0 Å². The van der Waals surface area contributed by atoms with Crippen LogP contribution >= 0.6 is 0 Å². The van der Waals surface area contributed by atoms with Gasteiger partial charge in [0, 0.05) is 18.3 Å². The van der Waals surface area contributed by atoms with E-state index in [1.807, 2.05) is 17.9 Å². The minimum absolute atomic E-state index is 0.431. The molecule has 0 saturated carbocycles. The fraction of sp³-hybridized carbons (Fsp3) is 0.500. The summed E-state index contributed by atoms with van der Waals surface area (Å²) in [5, 5.41) is 9.03. The van der Waals surface area contributed by atoms with Crippen molar-refractivity contribution in [3.05, 3.63) is 18.1 Å². The molecule has 1 fully saturated rings. The molecule has 0 spiro atoms. The van der Waals surface area contributed by atoms with E-state index in [1.165, 1.54) is 6.33 Å². The largest absolute Gasteiger partial charge is 0.480 e. The summed E-state index contributed by atoms with van der Waals surface area (Å²) in [6.45, 7) is 2.63. The monoisotopic (exact) mass is 207 g/mol. The lowest BCUT2D eigenvalue weighted by molar-refractivity contribution is -0.138. The SMILES string of the molecule is Cc1cc(N2CCCC2C(=O)O)ncn1. The number of rotatable bonds is 2. The molecule has 1 aliphatic rings. The third-order valence-corrected chi connectivity index (χ3v) is 2.62. The molecule has 1 aromatic heterocycles. The highest BCUT2D eigenvalue weighted by atomic mass is 16.4. The lowest BCUT2D eigenvalue weighted by Crippen LogP contribution is -2.36. The van der Waals surface area contributed by atoms with Crippen LogP contribution in [0.1, 0.15) is 18.5 Å². The van der Waals surface area contributed by atoms with Crippen LogP contribution in [0.4, 0.5) is 5.82 Å². The summed E-state index contributed by atoms with van der Waals surface area (Å²) < 4.78 is 0. The second kappa shape index (κ2) is 3.84. The van der Waals surface area contributed by atoms with Crippen LogP contribution in [0.5, 0.6) is 0 Å².